The zero-order valence-corrected chi connectivity index (χ0v) is 12.6. The molecule has 2 aromatic heterocycles. The lowest BCUT2D eigenvalue weighted by Gasteiger charge is -2.01. The van der Waals surface area contributed by atoms with Gasteiger partial charge in [0.05, 0.1) is 6.54 Å². The van der Waals surface area contributed by atoms with E-state index in [2.05, 4.69) is 31.6 Å². The molecular weight excluding hydrogens is 300 g/mol. The average Bonchev–Trinajstić information content (AvgIpc) is 3.08. The molecule has 0 saturated carbocycles. The third-order valence-corrected chi connectivity index (χ3v) is 5.43. The Kier molecular flexibility index (Phi) is 5.24. The van der Waals surface area contributed by atoms with Gasteiger partial charge < -0.3 is 9.84 Å². The second-order valence-corrected chi connectivity index (χ2v) is 7.23. The maximum absolute atomic E-state index is 12.1. The molecular formula is C11H16N4O3S2. The lowest BCUT2D eigenvalue weighted by Crippen LogP contribution is -2.22. The van der Waals surface area contributed by atoms with Crippen LogP contribution < -0.4 is 10.0 Å². The van der Waals surface area contributed by atoms with Crippen LogP contribution >= 0.6 is 11.3 Å². The van der Waals surface area contributed by atoms with E-state index in [0.29, 0.717) is 12.4 Å². The van der Waals surface area contributed by atoms with E-state index < -0.39 is 10.0 Å². The van der Waals surface area contributed by atoms with Crippen molar-refractivity contribution in [3.05, 3.63) is 29.2 Å². The minimum atomic E-state index is -3.53. The van der Waals surface area contributed by atoms with Gasteiger partial charge in [-0.25, -0.2) is 13.1 Å². The monoisotopic (exact) mass is 316 g/mol. The van der Waals surface area contributed by atoms with Gasteiger partial charge in [-0.05, 0) is 25.1 Å². The average molecular weight is 316 g/mol. The zero-order valence-electron chi connectivity index (χ0n) is 11.0. The predicted molar refractivity (Wildman–Crippen MR) is 74.6 cm³/mol. The van der Waals surface area contributed by atoms with E-state index in [4.69, 9.17) is 0 Å². The molecule has 0 spiro atoms. The molecule has 20 heavy (non-hydrogen) atoms. The molecule has 7 nitrogen and oxygen atoms in total. The van der Waals surface area contributed by atoms with E-state index in [0.717, 1.165) is 24.2 Å². The lowest BCUT2D eigenvalue weighted by atomic mass is 10.4. The first kappa shape index (κ1) is 15.1. The fourth-order valence-electron chi connectivity index (χ4n) is 1.49. The summed E-state index contributed by atoms with van der Waals surface area (Å²) in [4.78, 5) is 4.74. The van der Waals surface area contributed by atoms with Gasteiger partial charge in [0.15, 0.2) is 5.82 Å². The van der Waals surface area contributed by atoms with E-state index >= 15 is 0 Å². The lowest BCUT2D eigenvalue weighted by molar-refractivity contribution is 0.409. The van der Waals surface area contributed by atoms with Gasteiger partial charge in [-0.15, -0.1) is 11.3 Å². The fraction of sp³-hybridized carbons (Fsp3) is 0.455. The van der Waals surface area contributed by atoms with Gasteiger partial charge in [0.25, 0.3) is 0 Å². The van der Waals surface area contributed by atoms with Crippen LogP contribution in [0.2, 0.25) is 0 Å². The Bertz CT molecular complexity index is 622. The van der Waals surface area contributed by atoms with Crippen LogP contribution in [0.1, 0.15) is 24.0 Å². The van der Waals surface area contributed by atoms with E-state index in [1.54, 1.807) is 6.07 Å². The molecule has 0 radical (unpaired) electrons. The van der Waals surface area contributed by atoms with Crippen LogP contribution in [0.15, 0.2) is 27.3 Å². The molecule has 0 bridgehead atoms. The number of nitrogens with zero attached hydrogens (tertiary/aromatic N) is 2. The molecule has 0 saturated heterocycles. The molecule has 0 atom stereocenters. The van der Waals surface area contributed by atoms with Gasteiger partial charge in [0.2, 0.25) is 16.4 Å². The number of hydrogen-bond donors (Lipinski definition) is 2. The Morgan fingerprint density at radius 2 is 2.20 bits per heavy atom. The topological polar surface area (TPSA) is 97.1 Å². The normalized spacial score (nSPS) is 11.8. The Morgan fingerprint density at radius 1 is 1.35 bits per heavy atom. The molecule has 0 aliphatic heterocycles. The molecule has 0 aromatic carbocycles. The van der Waals surface area contributed by atoms with Gasteiger partial charge in [-0.1, -0.05) is 12.1 Å². The molecule has 2 heterocycles. The van der Waals surface area contributed by atoms with Gasteiger partial charge in [0.1, 0.15) is 4.21 Å². The molecule has 2 aromatic rings. The fourth-order valence-corrected chi connectivity index (χ4v) is 3.84. The maximum Gasteiger partial charge on any atom is 0.250 e. The molecule has 0 aliphatic rings. The standard InChI is InChI=1S/C11H16N4O3S2/c1-2-5-12-6-9-3-4-11(19-9)20(16,17)14-7-10-13-8-18-15-10/h3-4,8,12,14H,2,5-7H2,1H3. The van der Waals surface area contributed by atoms with E-state index in [1.165, 1.54) is 11.3 Å². The predicted octanol–water partition coefficient (Wildman–Crippen LogP) is 1.11. The van der Waals surface area contributed by atoms with Gasteiger partial charge >= 0.3 is 0 Å². The second-order valence-electron chi connectivity index (χ2n) is 4.07. The van der Waals surface area contributed by atoms with Crippen LogP contribution in [0.5, 0.6) is 0 Å². The highest BCUT2D eigenvalue weighted by atomic mass is 32.2. The van der Waals surface area contributed by atoms with Gasteiger partial charge in [-0.3, -0.25) is 0 Å². The summed E-state index contributed by atoms with van der Waals surface area (Å²) in [6.45, 7) is 3.69. The minimum absolute atomic E-state index is 0.0140. The maximum atomic E-state index is 12.1. The van der Waals surface area contributed by atoms with Gasteiger partial charge in [-0.2, -0.15) is 4.98 Å². The number of thiophene rings is 1. The van der Waals surface area contributed by atoms with Crippen LogP contribution in [0, 0.1) is 0 Å². The van der Waals surface area contributed by atoms with Crippen LogP contribution in [-0.2, 0) is 23.1 Å². The summed E-state index contributed by atoms with van der Waals surface area (Å²) in [6, 6.07) is 3.42. The SMILES string of the molecule is CCCNCc1ccc(S(=O)(=O)NCc2ncon2)s1. The molecule has 110 valence electrons. The first-order valence-corrected chi connectivity index (χ1v) is 8.46. The second kappa shape index (κ2) is 6.93. The van der Waals surface area contributed by atoms with Crippen LogP contribution in [0.3, 0.4) is 0 Å². The zero-order chi connectivity index (χ0) is 14.4. The van der Waals surface area contributed by atoms with Crippen molar-refractivity contribution in [3.63, 3.8) is 0 Å². The largest absolute Gasteiger partial charge is 0.343 e. The Hall–Kier alpha value is -1.29. The van der Waals surface area contributed by atoms with Crippen molar-refractivity contribution in [2.45, 2.75) is 30.6 Å². The molecule has 2 N–H and O–H groups in total. The van der Waals surface area contributed by atoms with E-state index in [1.807, 2.05) is 6.07 Å². The quantitative estimate of drug-likeness (QED) is 0.708. The van der Waals surface area contributed by atoms with Crippen molar-refractivity contribution < 1.29 is 12.9 Å². The highest BCUT2D eigenvalue weighted by Gasteiger charge is 2.17. The summed E-state index contributed by atoms with van der Waals surface area (Å²) in [7, 11) is -3.53. The molecule has 0 amide bonds. The summed E-state index contributed by atoms with van der Waals surface area (Å²) in [6.07, 6.45) is 2.20. The summed E-state index contributed by atoms with van der Waals surface area (Å²) in [5.74, 6) is 0.301. The minimum Gasteiger partial charge on any atom is -0.343 e. The van der Waals surface area contributed by atoms with Crippen molar-refractivity contribution in [2.75, 3.05) is 6.54 Å². The van der Waals surface area contributed by atoms with Crippen molar-refractivity contribution in [1.29, 1.82) is 0 Å². The third-order valence-electron chi connectivity index (χ3n) is 2.46. The van der Waals surface area contributed by atoms with Gasteiger partial charge in [0, 0.05) is 11.4 Å². The third kappa shape index (κ3) is 4.10. The molecule has 0 aliphatic carbocycles. The Labute approximate surface area is 121 Å². The number of hydrogen-bond acceptors (Lipinski definition) is 7. The highest BCUT2D eigenvalue weighted by molar-refractivity contribution is 7.91. The summed E-state index contributed by atoms with van der Waals surface area (Å²) >= 11 is 1.25. The summed E-state index contributed by atoms with van der Waals surface area (Å²) in [5.41, 5.74) is 0. The van der Waals surface area contributed by atoms with Crippen LogP contribution in [0.4, 0.5) is 0 Å². The van der Waals surface area contributed by atoms with Crippen molar-refractivity contribution >= 4 is 21.4 Å². The van der Waals surface area contributed by atoms with Crippen LogP contribution in [0.25, 0.3) is 0 Å². The molecule has 0 fully saturated rings. The number of aromatic nitrogens is 2. The summed E-state index contributed by atoms with van der Waals surface area (Å²) in [5, 5.41) is 6.78. The molecule has 0 unspecified atom stereocenters. The highest BCUT2D eigenvalue weighted by Crippen LogP contribution is 2.21. The first-order chi connectivity index (χ1) is 9.62. The Balaban J connectivity index is 1.95. The molecule has 9 heteroatoms. The summed E-state index contributed by atoms with van der Waals surface area (Å²) < 4.78 is 31.4. The van der Waals surface area contributed by atoms with Crippen molar-refractivity contribution in [1.82, 2.24) is 20.2 Å². The Morgan fingerprint density at radius 3 is 2.90 bits per heavy atom. The number of nitrogens with one attached hydrogen (secondary N) is 2. The first-order valence-electron chi connectivity index (χ1n) is 6.16. The molecule has 2 rings (SSSR count). The van der Waals surface area contributed by atoms with E-state index in [9.17, 15) is 8.42 Å². The van der Waals surface area contributed by atoms with Crippen LogP contribution in [-0.4, -0.2) is 25.1 Å². The van der Waals surface area contributed by atoms with Crippen molar-refractivity contribution in [3.8, 4) is 0 Å². The van der Waals surface area contributed by atoms with E-state index in [-0.39, 0.29) is 10.8 Å². The number of rotatable bonds is 8. The number of sulfonamides is 1. The smallest absolute Gasteiger partial charge is 0.250 e. The van der Waals surface area contributed by atoms with Crippen molar-refractivity contribution in [2.24, 2.45) is 0 Å².